The molecule has 1 aromatic rings. The number of rotatable bonds is 4. The van der Waals surface area contributed by atoms with Crippen LogP contribution in [0.15, 0.2) is 18.2 Å². The van der Waals surface area contributed by atoms with Gasteiger partial charge in [0.05, 0.1) is 0 Å². The molecule has 0 aromatic heterocycles. The third-order valence-electron chi connectivity index (χ3n) is 3.74. The summed E-state index contributed by atoms with van der Waals surface area (Å²) in [6.07, 6.45) is 2.23. The average Bonchev–Trinajstić information content (AvgIpc) is 2.40. The summed E-state index contributed by atoms with van der Waals surface area (Å²) in [4.78, 5) is 2.48. The fourth-order valence-corrected chi connectivity index (χ4v) is 2.64. The predicted molar refractivity (Wildman–Crippen MR) is 87.7 cm³/mol. The van der Waals surface area contributed by atoms with Gasteiger partial charge in [0, 0.05) is 32.2 Å². The minimum Gasteiger partial charge on any atom is -0.314 e. The summed E-state index contributed by atoms with van der Waals surface area (Å²) in [6.45, 7) is 8.20. The van der Waals surface area contributed by atoms with E-state index in [2.05, 4.69) is 23.2 Å². The SMILES string of the molecule is CCC[C@H](c1ccc(C)c(F)c1)N1CCNCC1.Cl.Cl. The quantitative estimate of drug-likeness (QED) is 0.908. The Balaban J connectivity index is 0.00000180. The minimum absolute atomic E-state index is 0. The highest BCUT2D eigenvalue weighted by Gasteiger charge is 2.21. The van der Waals surface area contributed by atoms with Gasteiger partial charge < -0.3 is 5.32 Å². The monoisotopic (exact) mass is 322 g/mol. The Hall–Kier alpha value is -0.350. The average molecular weight is 323 g/mol. The Bertz CT molecular complexity index is 395. The Kier molecular flexibility index (Phi) is 9.39. The number of benzene rings is 1. The Morgan fingerprint density at radius 3 is 2.45 bits per heavy atom. The van der Waals surface area contributed by atoms with Gasteiger partial charge >= 0.3 is 0 Å². The van der Waals surface area contributed by atoms with Crippen molar-refractivity contribution < 1.29 is 4.39 Å². The van der Waals surface area contributed by atoms with Crippen molar-refractivity contribution in [2.75, 3.05) is 26.2 Å². The second kappa shape index (κ2) is 9.56. The van der Waals surface area contributed by atoms with Crippen molar-refractivity contribution in [3.63, 3.8) is 0 Å². The molecule has 1 saturated heterocycles. The van der Waals surface area contributed by atoms with E-state index in [1.807, 2.05) is 13.0 Å². The molecule has 1 N–H and O–H groups in total. The highest BCUT2D eigenvalue weighted by molar-refractivity contribution is 5.85. The standard InChI is InChI=1S/C15H23FN2.2ClH/c1-3-4-15(18-9-7-17-8-10-18)13-6-5-12(2)14(16)11-13;;/h5-6,11,15,17H,3-4,7-10H2,1-2H3;2*1H/t15-;;/m1../s1. The molecule has 5 heteroatoms. The molecule has 116 valence electrons. The number of hydrogen-bond acceptors (Lipinski definition) is 2. The molecule has 1 fully saturated rings. The van der Waals surface area contributed by atoms with Crippen molar-refractivity contribution in [3.05, 3.63) is 35.1 Å². The van der Waals surface area contributed by atoms with E-state index in [1.165, 1.54) is 0 Å². The lowest BCUT2D eigenvalue weighted by Gasteiger charge is -2.35. The number of piperazine rings is 1. The highest BCUT2D eigenvalue weighted by atomic mass is 35.5. The minimum atomic E-state index is -0.0799. The van der Waals surface area contributed by atoms with Crippen LogP contribution in [0.5, 0.6) is 0 Å². The number of halogens is 3. The van der Waals surface area contributed by atoms with Crippen LogP contribution in [0.2, 0.25) is 0 Å². The zero-order chi connectivity index (χ0) is 13.0. The zero-order valence-electron chi connectivity index (χ0n) is 12.2. The first kappa shape index (κ1) is 19.7. The van der Waals surface area contributed by atoms with Crippen LogP contribution in [0, 0.1) is 12.7 Å². The fraction of sp³-hybridized carbons (Fsp3) is 0.600. The van der Waals surface area contributed by atoms with Crippen LogP contribution in [0.4, 0.5) is 4.39 Å². The summed E-state index contributed by atoms with van der Waals surface area (Å²) >= 11 is 0. The molecule has 2 nitrogen and oxygen atoms in total. The highest BCUT2D eigenvalue weighted by Crippen LogP contribution is 2.27. The van der Waals surface area contributed by atoms with E-state index in [0.717, 1.165) is 50.1 Å². The van der Waals surface area contributed by atoms with Crippen LogP contribution in [0.1, 0.15) is 36.9 Å². The van der Waals surface area contributed by atoms with Gasteiger partial charge in [0.2, 0.25) is 0 Å². The van der Waals surface area contributed by atoms with Crippen LogP contribution in [-0.2, 0) is 0 Å². The maximum atomic E-state index is 13.7. The number of hydrogen-bond donors (Lipinski definition) is 1. The van der Waals surface area contributed by atoms with Crippen molar-refractivity contribution in [2.24, 2.45) is 0 Å². The molecule has 0 aliphatic carbocycles. The molecule has 2 rings (SSSR count). The molecule has 0 amide bonds. The van der Waals surface area contributed by atoms with Crippen LogP contribution in [0.3, 0.4) is 0 Å². The second-order valence-electron chi connectivity index (χ2n) is 5.10. The van der Waals surface area contributed by atoms with E-state index in [1.54, 1.807) is 6.07 Å². The summed E-state index contributed by atoms with van der Waals surface area (Å²) in [5, 5.41) is 3.37. The largest absolute Gasteiger partial charge is 0.314 e. The van der Waals surface area contributed by atoms with E-state index in [4.69, 9.17) is 0 Å². The molecule has 0 radical (unpaired) electrons. The van der Waals surface area contributed by atoms with Gasteiger partial charge in [0.15, 0.2) is 0 Å². The van der Waals surface area contributed by atoms with Crippen LogP contribution >= 0.6 is 24.8 Å². The Morgan fingerprint density at radius 1 is 1.25 bits per heavy atom. The van der Waals surface area contributed by atoms with Crippen molar-refractivity contribution >= 4 is 24.8 Å². The number of nitrogens with zero attached hydrogens (tertiary/aromatic N) is 1. The molecule has 1 aliphatic rings. The molecule has 0 unspecified atom stereocenters. The Morgan fingerprint density at radius 2 is 1.90 bits per heavy atom. The van der Waals surface area contributed by atoms with Gasteiger partial charge in [0.1, 0.15) is 5.82 Å². The summed E-state index contributed by atoms with van der Waals surface area (Å²) in [7, 11) is 0. The first-order valence-electron chi connectivity index (χ1n) is 6.93. The van der Waals surface area contributed by atoms with Crippen LogP contribution < -0.4 is 5.32 Å². The molecular weight excluding hydrogens is 298 g/mol. The van der Waals surface area contributed by atoms with Gasteiger partial charge in [-0.25, -0.2) is 4.39 Å². The summed E-state index contributed by atoms with van der Waals surface area (Å²) in [6, 6.07) is 6.07. The third kappa shape index (κ3) is 4.88. The molecule has 0 saturated carbocycles. The third-order valence-corrected chi connectivity index (χ3v) is 3.74. The number of aryl methyl sites for hydroxylation is 1. The molecule has 1 aromatic carbocycles. The summed E-state index contributed by atoms with van der Waals surface area (Å²) in [5.41, 5.74) is 1.86. The molecule has 1 aliphatic heterocycles. The molecule has 1 heterocycles. The van der Waals surface area contributed by atoms with Gasteiger partial charge in [-0.1, -0.05) is 25.5 Å². The van der Waals surface area contributed by atoms with Gasteiger partial charge in [-0.05, 0) is 30.5 Å². The first-order chi connectivity index (χ1) is 8.72. The molecular formula is C15H25Cl2FN2. The molecule has 0 bridgehead atoms. The van der Waals surface area contributed by atoms with Crippen molar-refractivity contribution in [1.29, 1.82) is 0 Å². The van der Waals surface area contributed by atoms with Gasteiger partial charge in [-0.2, -0.15) is 0 Å². The van der Waals surface area contributed by atoms with E-state index >= 15 is 0 Å². The van der Waals surface area contributed by atoms with E-state index in [9.17, 15) is 4.39 Å². The van der Waals surface area contributed by atoms with Gasteiger partial charge in [-0.15, -0.1) is 24.8 Å². The topological polar surface area (TPSA) is 15.3 Å². The van der Waals surface area contributed by atoms with E-state index < -0.39 is 0 Å². The zero-order valence-corrected chi connectivity index (χ0v) is 13.8. The first-order valence-corrected chi connectivity index (χ1v) is 6.93. The van der Waals surface area contributed by atoms with Crippen LogP contribution in [-0.4, -0.2) is 31.1 Å². The predicted octanol–water partition coefficient (Wildman–Crippen LogP) is 3.72. The lowest BCUT2D eigenvalue weighted by atomic mass is 9.98. The molecule has 20 heavy (non-hydrogen) atoms. The normalized spacial score (nSPS) is 16.9. The molecule has 0 spiro atoms. The summed E-state index contributed by atoms with van der Waals surface area (Å²) in [5.74, 6) is -0.0799. The van der Waals surface area contributed by atoms with E-state index in [0.29, 0.717) is 6.04 Å². The summed E-state index contributed by atoms with van der Waals surface area (Å²) < 4.78 is 13.7. The Labute approximate surface area is 133 Å². The van der Waals surface area contributed by atoms with E-state index in [-0.39, 0.29) is 30.6 Å². The maximum absolute atomic E-state index is 13.7. The number of nitrogens with one attached hydrogen (secondary N) is 1. The van der Waals surface area contributed by atoms with Gasteiger partial charge in [-0.3, -0.25) is 4.90 Å². The van der Waals surface area contributed by atoms with Crippen molar-refractivity contribution in [1.82, 2.24) is 10.2 Å². The smallest absolute Gasteiger partial charge is 0.126 e. The maximum Gasteiger partial charge on any atom is 0.126 e. The molecule has 1 atom stereocenters. The lowest BCUT2D eigenvalue weighted by molar-refractivity contribution is 0.164. The lowest BCUT2D eigenvalue weighted by Crippen LogP contribution is -2.45. The van der Waals surface area contributed by atoms with Crippen LogP contribution in [0.25, 0.3) is 0 Å². The van der Waals surface area contributed by atoms with Crippen molar-refractivity contribution in [3.8, 4) is 0 Å². The fourth-order valence-electron chi connectivity index (χ4n) is 2.64. The second-order valence-corrected chi connectivity index (χ2v) is 5.10. The van der Waals surface area contributed by atoms with Gasteiger partial charge in [0.25, 0.3) is 0 Å². The van der Waals surface area contributed by atoms with Crippen molar-refractivity contribution in [2.45, 2.75) is 32.7 Å².